The summed E-state index contributed by atoms with van der Waals surface area (Å²) in [7, 11) is 1.52. The number of rotatable bonds is 4. The molecule has 0 aromatic heterocycles. The lowest BCUT2D eigenvalue weighted by molar-refractivity contribution is 0.146. The molecule has 2 saturated heterocycles. The molecule has 3 nitrogen and oxygen atoms in total. The molecule has 0 aliphatic carbocycles. The summed E-state index contributed by atoms with van der Waals surface area (Å²) in [6.45, 7) is 5.61. The fourth-order valence-electron chi connectivity index (χ4n) is 3.72. The van der Waals surface area contributed by atoms with Gasteiger partial charge in [-0.15, -0.1) is 0 Å². The molecule has 2 aliphatic heterocycles. The van der Waals surface area contributed by atoms with Crippen LogP contribution in [0.4, 0.5) is 4.39 Å². The number of nitrogens with one attached hydrogen (secondary N) is 1. The molecule has 4 heteroatoms. The normalized spacial score (nSPS) is 24.4. The summed E-state index contributed by atoms with van der Waals surface area (Å²) in [5.41, 5.74) is 1.13. The van der Waals surface area contributed by atoms with Gasteiger partial charge in [0.2, 0.25) is 0 Å². The first-order valence-corrected chi connectivity index (χ1v) is 8.02. The molecule has 0 saturated carbocycles. The van der Waals surface area contributed by atoms with Crippen molar-refractivity contribution in [3.8, 4) is 5.75 Å². The second kappa shape index (κ2) is 6.75. The van der Waals surface area contributed by atoms with E-state index < -0.39 is 0 Å². The molecule has 1 atom stereocenters. The lowest BCUT2D eigenvalue weighted by Crippen LogP contribution is -2.36. The molecule has 1 aromatic rings. The van der Waals surface area contributed by atoms with E-state index >= 15 is 0 Å². The number of piperidine rings is 1. The number of benzene rings is 1. The van der Waals surface area contributed by atoms with Crippen LogP contribution in [-0.4, -0.2) is 38.2 Å². The van der Waals surface area contributed by atoms with Gasteiger partial charge in [-0.2, -0.15) is 0 Å². The number of ether oxygens (including phenoxy) is 1. The highest BCUT2D eigenvalue weighted by Crippen LogP contribution is 2.29. The summed E-state index contributed by atoms with van der Waals surface area (Å²) in [5.74, 6) is 1.84. The Morgan fingerprint density at radius 1 is 1.24 bits per heavy atom. The van der Waals surface area contributed by atoms with Crippen LogP contribution in [-0.2, 0) is 6.54 Å². The highest BCUT2D eigenvalue weighted by molar-refractivity contribution is 5.30. The minimum atomic E-state index is -0.284. The fraction of sp³-hybridized carbons (Fsp3) is 0.647. The summed E-state index contributed by atoms with van der Waals surface area (Å²) in [5, 5.41) is 3.48. The van der Waals surface area contributed by atoms with E-state index in [1.54, 1.807) is 0 Å². The molecule has 2 fully saturated rings. The van der Waals surface area contributed by atoms with Crippen LogP contribution in [0.5, 0.6) is 5.75 Å². The second-order valence-corrected chi connectivity index (χ2v) is 6.34. The number of hydrogen-bond donors (Lipinski definition) is 1. The first-order valence-electron chi connectivity index (χ1n) is 8.02. The molecule has 0 spiro atoms. The molecule has 0 amide bonds. The molecule has 3 rings (SSSR count). The summed E-state index contributed by atoms with van der Waals surface area (Å²) in [6, 6.07) is 5.19. The van der Waals surface area contributed by atoms with E-state index in [4.69, 9.17) is 4.74 Å². The van der Waals surface area contributed by atoms with Gasteiger partial charge < -0.3 is 10.1 Å². The third-order valence-electron chi connectivity index (χ3n) is 5.02. The van der Waals surface area contributed by atoms with Crippen molar-refractivity contribution in [3.05, 3.63) is 29.6 Å². The van der Waals surface area contributed by atoms with Gasteiger partial charge in [0.1, 0.15) is 0 Å². The maximum atomic E-state index is 13.4. The van der Waals surface area contributed by atoms with E-state index in [0.717, 1.165) is 37.0 Å². The average molecular weight is 292 g/mol. The molecule has 2 aliphatic rings. The van der Waals surface area contributed by atoms with Crippen LogP contribution in [0.3, 0.4) is 0 Å². The quantitative estimate of drug-likeness (QED) is 0.923. The van der Waals surface area contributed by atoms with Gasteiger partial charge in [0.05, 0.1) is 7.11 Å². The molecule has 0 bridgehead atoms. The number of likely N-dealkylation sites (tertiary alicyclic amines) is 1. The van der Waals surface area contributed by atoms with Crippen LogP contribution < -0.4 is 10.1 Å². The van der Waals surface area contributed by atoms with Crippen LogP contribution >= 0.6 is 0 Å². The maximum absolute atomic E-state index is 13.4. The molecule has 1 aromatic carbocycles. The SMILES string of the molecule is COc1cc(CN2CCC(C3CCNC3)CC2)ccc1F. The lowest BCUT2D eigenvalue weighted by Gasteiger charge is -2.34. The predicted molar refractivity (Wildman–Crippen MR) is 81.9 cm³/mol. The average Bonchev–Trinajstić information content (AvgIpc) is 3.04. The van der Waals surface area contributed by atoms with Gasteiger partial charge in [0.15, 0.2) is 11.6 Å². The highest BCUT2D eigenvalue weighted by Gasteiger charge is 2.28. The Balaban J connectivity index is 1.53. The minimum absolute atomic E-state index is 0.284. The summed E-state index contributed by atoms with van der Waals surface area (Å²) >= 11 is 0. The second-order valence-electron chi connectivity index (χ2n) is 6.34. The van der Waals surface area contributed by atoms with Crippen molar-refractivity contribution in [2.75, 3.05) is 33.3 Å². The predicted octanol–water partition coefficient (Wildman–Crippen LogP) is 2.66. The Bertz CT molecular complexity index is 466. The van der Waals surface area contributed by atoms with Gasteiger partial charge in [0, 0.05) is 6.54 Å². The number of methoxy groups -OCH3 is 1. The Labute approximate surface area is 126 Å². The molecule has 21 heavy (non-hydrogen) atoms. The lowest BCUT2D eigenvalue weighted by atomic mass is 9.84. The van der Waals surface area contributed by atoms with E-state index in [9.17, 15) is 4.39 Å². The topological polar surface area (TPSA) is 24.5 Å². The van der Waals surface area contributed by atoms with Crippen molar-refractivity contribution >= 4 is 0 Å². The van der Waals surface area contributed by atoms with Gasteiger partial charge in [-0.3, -0.25) is 4.90 Å². The first-order chi connectivity index (χ1) is 10.3. The monoisotopic (exact) mass is 292 g/mol. The van der Waals surface area contributed by atoms with Gasteiger partial charge in [-0.25, -0.2) is 4.39 Å². The molecular formula is C17H25FN2O. The molecule has 2 heterocycles. The summed E-state index contributed by atoms with van der Waals surface area (Å²) in [6.07, 6.45) is 3.94. The van der Waals surface area contributed by atoms with Gasteiger partial charge in [-0.1, -0.05) is 6.07 Å². The van der Waals surface area contributed by atoms with E-state index in [2.05, 4.69) is 10.2 Å². The largest absolute Gasteiger partial charge is 0.494 e. The molecule has 116 valence electrons. The standard InChI is InChI=1S/C17H25FN2O/c1-21-17-10-13(2-3-16(17)18)12-20-8-5-14(6-9-20)15-4-7-19-11-15/h2-3,10,14-15,19H,4-9,11-12H2,1H3. The summed E-state index contributed by atoms with van der Waals surface area (Å²) < 4.78 is 18.5. The van der Waals surface area contributed by atoms with Crippen molar-refractivity contribution in [2.24, 2.45) is 11.8 Å². The van der Waals surface area contributed by atoms with E-state index in [1.165, 1.54) is 45.5 Å². The summed E-state index contributed by atoms with van der Waals surface area (Å²) in [4.78, 5) is 2.48. The first kappa shape index (κ1) is 14.8. The van der Waals surface area contributed by atoms with E-state index in [-0.39, 0.29) is 5.82 Å². The smallest absolute Gasteiger partial charge is 0.165 e. The van der Waals surface area contributed by atoms with Crippen molar-refractivity contribution in [1.82, 2.24) is 10.2 Å². The van der Waals surface area contributed by atoms with Crippen molar-refractivity contribution < 1.29 is 9.13 Å². The minimum Gasteiger partial charge on any atom is -0.494 e. The van der Waals surface area contributed by atoms with Gasteiger partial charge in [0.25, 0.3) is 0 Å². The highest BCUT2D eigenvalue weighted by atomic mass is 19.1. The number of halogens is 1. The molecular weight excluding hydrogens is 267 g/mol. The van der Waals surface area contributed by atoms with Crippen LogP contribution in [0, 0.1) is 17.7 Å². The Hall–Kier alpha value is -1.13. The fourth-order valence-corrected chi connectivity index (χ4v) is 3.72. The number of nitrogens with zero attached hydrogens (tertiary/aromatic N) is 1. The van der Waals surface area contributed by atoms with Gasteiger partial charge >= 0.3 is 0 Å². The van der Waals surface area contributed by atoms with Crippen LogP contribution in [0.2, 0.25) is 0 Å². The third-order valence-corrected chi connectivity index (χ3v) is 5.02. The maximum Gasteiger partial charge on any atom is 0.165 e. The van der Waals surface area contributed by atoms with Crippen molar-refractivity contribution in [2.45, 2.75) is 25.8 Å². The molecule has 1 N–H and O–H groups in total. The Morgan fingerprint density at radius 2 is 2.05 bits per heavy atom. The van der Waals surface area contributed by atoms with Crippen molar-refractivity contribution in [1.29, 1.82) is 0 Å². The van der Waals surface area contributed by atoms with Crippen molar-refractivity contribution in [3.63, 3.8) is 0 Å². The van der Waals surface area contributed by atoms with Crippen LogP contribution in [0.25, 0.3) is 0 Å². The zero-order valence-electron chi connectivity index (χ0n) is 12.8. The molecule has 1 unspecified atom stereocenters. The zero-order valence-corrected chi connectivity index (χ0v) is 12.8. The molecule has 0 radical (unpaired) electrons. The Morgan fingerprint density at radius 3 is 2.71 bits per heavy atom. The third kappa shape index (κ3) is 3.55. The van der Waals surface area contributed by atoms with E-state index in [1.807, 2.05) is 12.1 Å². The van der Waals surface area contributed by atoms with E-state index in [0.29, 0.717) is 5.75 Å². The number of hydrogen-bond acceptors (Lipinski definition) is 3. The van der Waals surface area contributed by atoms with Crippen LogP contribution in [0.1, 0.15) is 24.8 Å². The Kier molecular flexibility index (Phi) is 4.76. The zero-order chi connectivity index (χ0) is 14.7. The van der Waals surface area contributed by atoms with Gasteiger partial charge in [-0.05, 0) is 75.0 Å². The van der Waals surface area contributed by atoms with Crippen LogP contribution in [0.15, 0.2) is 18.2 Å².